The number of aromatic nitrogens is 3. The molecule has 1 aliphatic rings. The number of fused-ring (bicyclic) bond motifs is 1. The van der Waals surface area contributed by atoms with E-state index < -0.39 is 0 Å². The lowest BCUT2D eigenvalue weighted by Gasteiger charge is -2.32. The van der Waals surface area contributed by atoms with Crippen molar-refractivity contribution in [1.82, 2.24) is 19.9 Å². The molecule has 1 N–H and O–H groups in total. The molecule has 9 heteroatoms. The SMILES string of the molecule is COc1ccc(CCNC(=O)C2CCN(c3nccn4nc(-c5cccs5)cc34)CC2)cc1OC. The second-order valence-electron chi connectivity index (χ2n) is 8.58. The Bertz CT molecular complexity index is 1300. The van der Waals surface area contributed by atoms with Crippen molar-refractivity contribution in [3.63, 3.8) is 0 Å². The zero-order valence-corrected chi connectivity index (χ0v) is 20.8. The summed E-state index contributed by atoms with van der Waals surface area (Å²) in [4.78, 5) is 20.9. The van der Waals surface area contributed by atoms with Crippen molar-refractivity contribution in [2.75, 3.05) is 38.8 Å². The standard InChI is InChI=1S/C26H29N5O3S/c1-33-22-6-5-18(16-23(22)34-2)7-10-28-26(32)19-8-12-30(13-9-19)25-21-17-20(24-4-3-15-35-24)29-31(21)14-11-27-25/h3-6,11,14-17,19H,7-10,12-13H2,1-2H3,(H,28,32). The Labute approximate surface area is 208 Å². The van der Waals surface area contributed by atoms with Gasteiger partial charge in [-0.1, -0.05) is 12.1 Å². The van der Waals surface area contributed by atoms with E-state index in [1.54, 1.807) is 31.8 Å². The normalized spacial score (nSPS) is 14.3. The molecule has 4 heterocycles. The molecule has 0 bridgehead atoms. The van der Waals surface area contributed by atoms with Crippen LogP contribution in [0.3, 0.4) is 0 Å². The van der Waals surface area contributed by atoms with E-state index in [9.17, 15) is 4.79 Å². The first-order valence-electron chi connectivity index (χ1n) is 11.8. The quantitative estimate of drug-likeness (QED) is 0.401. The number of benzene rings is 1. The molecule has 1 saturated heterocycles. The Kier molecular flexibility index (Phi) is 6.85. The fourth-order valence-electron chi connectivity index (χ4n) is 4.56. The van der Waals surface area contributed by atoms with E-state index in [2.05, 4.69) is 32.7 Å². The third-order valence-corrected chi connectivity index (χ3v) is 7.36. The lowest BCUT2D eigenvalue weighted by molar-refractivity contribution is -0.125. The molecular weight excluding hydrogens is 462 g/mol. The maximum Gasteiger partial charge on any atom is 0.223 e. The van der Waals surface area contributed by atoms with Crippen LogP contribution < -0.4 is 19.7 Å². The van der Waals surface area contributed by atoms with Gasteiger partial charge in [0.1, 0.15) is 11.2 Å². The smallest absolute Gasteiger partial charge is 0.223 e. The van der Waals surface area contributed by atoms with E-state index >= 15 is 0 Å². The summed E-state index contributed by atoms with van der Waals surface area (Å²) in [5.74, 6) is 2.47. The van der Waals surface area contributed by atoms with E-state index in [0.717, 1.165) is 59.8 Å². The molecule has 4 aromatic rings. The van der Waals surface area contributed by atoms with Crippen LogP contribution in [-0.2, 0) is 11.2 Å². The lowest BCUT2D eigenvalue weighted by Crippen LogP contribution is -2.41. The van der Waals surface area contributed by atoms with Gasteiger partial charge in [0.05, 0.1) is 19.1 Å². The van der Waals surface area contributed by atoms with E-state index in [4.69, 9.17) is 14.6 Å². The van der Waals surface area contributed by atoms with Crippen LogP contribution >= 0.6 is 11.3 Å². The summed E-state index contributed by atoms with van der Waals surface area (Å²) in [5.41, 5.74) is 3.05. The van der Waals surface area contributed by atoms with E-state index in [1.807, 2.05) is 35.0 Å². The molecule has 3 aromatic heterocycles. The van der Waals surface area contributed by atoms with Gasteiger partial charge in [-0.2, -0.15) is 5.10 Å². The van der Waals surface area contributed by atoms with Gasteiger partial charge in [-0.3, -0.25) is 4.79 Å². The number of hydrogen-bond donors (Lipinski definition) is 1. The molecule has 1 fully saturated rings. The van der Waals surface area contributed by atoms with Crippen LogP contribution in [0.4, 0.5) is 5.82 Å². The van der Waals surface area contributed by atoms with Crippen LogP contribution in [0, 0.1) is 5.92 Å². The van der Waals surface area contributed by atoms with Crippen molar-refractivity contribution in [2.24, 2.45) is 5.92 Å². The summed E-state index contributed by atoms with van der Waals surface area (Å²) in [6.45, 7) is 2.18. The number of nitrogens with one attached hydrogen (secondary N) is 1. The number of carbonyl (C=O) groups is 1. The van der Waals surface area contributed by atoms with Crippen molar-refractivity contribution in [3.05, 3.63) is 59.7 Å². The summed E-state index contributed by atoms with van der Waals surface area (Å²) in [5, 5.41) is 9.88. The minimum Gasteiger partial charge on any atom is -0.493 e. The molecule has 0 atom stereocenters. The van der Waals surface area contributed by atoms with Gasteiger partial charge < -0.3 is 19.7 Å². The number of methoxy groups -OCH3 is 2. The summed E-state index contributed by atoms with van der Waals surface area (Å²) in [6, 6.07) is 12.1. The van der Waals surface area contributed by atoms with Crippen molar-refractivity contribution < 1.29 is 14.3 Å². The molecule has 0 radical (unpaired) electrons. The third-order valence-electron chi connectivity index (χ3n) is 6.47. The van der Waals surface area contributed by atoms with Crippen molar-refractivity contribution in [2.45, 2.75) is 19.3 Å². The average Bonchev–Trinajstić information content (AvgIpc) is 3.58. The molecule has 1 aromatic carbocycles. The first-order chi connectivity index (χ1) is 17.2. The summed E-state index contributed by atoms with van der Waals surface area (Å²) in [7, 11) is 3.25. The number of nitrogens with zero attached hydrogens (tertiary/aromatic N) is 4. The van der Waals surface area contributed by atoms with Gasteiger partial charge in [-0.25, -0.2) is 9.50 Å². The number of amides is 1. The predicted molar refractivity (Wildman–Crippen MR) is 137 cm³/mol. The molecule has 1 aliphatic heterocycles. The van der Waals surface area contributed by atoms with Gasteiger partial charge in [-0.15, -0.1) is 11.3 Å². The molecule has 0 spiro atoms. The molecule has 35 heavy (non-hydrogen) atoms. The van der Waals surface area contributed by atoms with Gasteiger partial charge in [0, 0.05) is 37.9 Å². The Hall–Kier alpha value is -3.59. The Morgan fingerprint density at radius 3 is 2.71 bits per heavy atom. The predicted octanol–water partition coefficient (Wildman–Crippen LogP) is 4.05. The van der Waals surface area contributed by atoms with Crippen LogP contribution in [0.2, 0.25) is 0 Å². The monoisotopic (exact) mass is 491 g/mol. The van der Waals surface area contributed by atoms with Gasteiger partial charge in [-0.05, 0) is 54.5 Å². The highest BCUT2D eigenvalue weighted by Gasteiger charge is 2.26. The average molecular weight is 492 g/mol. The van der Waals surface area contributed by atoms with Crippen LogP contribution in [0.5, 0.6) is 11.5 Å². The summed E-state index contributed by atoms with van der Waals surface area (Å²) >= 11 is 1.68. The number of thiophene rings is 1. The first-order valence-corrected chi connectivity index (χ1v) is 12.7. The molecule has 8 nitrogen and oxygen atoms in total. The molecule has 0 aliphatic carbocycles. The zero-order chi connectivity index (χ0) is 24.2. The maximum atomic E-state index is 12.8. The van der Waals surface area contributed by atoms with Gasteiger partial charge in [0.15, 0.2) is 17.3 Å². The first kappa shape index (κ1) is 23.2. The second kappa shape index (κ2) is 10.4. The minimum absolute atomic E-state index is 0.0166. The highest BCUT2D eigenvalue weighted by atomic mass is 32.1. The van der Waals surface area contributed by atoms with Crippen molar-refractivity contribution >= 4 is 28.6 Å². The Morgan fingerprint density at radius 2 is 1.97 bits per heavy atom. The van der Waals surface area contributed by atoms with Crippen LogP contribution in [0.1, 0.15) is 18.4 Å². The molecule has 5 rings (SSSR count). The maximum absolute atomic E-state index is 12.8. The molecule has 0 saturated carbocycles. The number of hydrogen-bond acceptors (Lipinski definition) is 7. The number of rotatable bonds is 8. The van der Waals surface area contributed by atoms with Gasteiger partial charge in [0.2, 0.25) is 5.91 Å². The lowest BCUT2D eigenvalue weighted by atomic mass is 9.95. The second-order valence-corrected chi connectivity index (χ2v) is 9.53. The number of anilines is 1. The topological polar surface area (TPSA) is 81.0 Å². The molecular formula is C26H29N5O3S. The molecule has 1 amide bonds. The largest absolute Gasteiger partial charge is 0.493 e. The van der Waals surface area contributed by atoms with E-state index in [-0.39, 0.29) is 11.8 Å². The fourth-order valence-corrected chi connectivity index (χ4v) is 5.24. The summed E-state index contributed by atoms with van der Waals surface area (Å²) < 4.78 is 12.5. The molecule has 182 valence electrons. The third kappa shape index (κ3) is 4.95. The van der Waals surface area contributed by atoms with Crippen LogP contribution in [0.15, 0.2) is 54.2 Å². The highest BCUT2D eigenvalue weighted by Crippen LogP contribution is 2.30. The minimum atomic E-state index is 0.0166. The molecule has 0 unspecified atom stereocenters. The Morgan fingerprint density at radius 1 is 1.14 bits per heavy atom. The summed E-state index contributed by atoms with van der Waals surface area (Å²) in [6.07, 6.45) is 6.02. The number of piperidine rings is 1. The van der Waals surface area contributed by atoms with Crippen molar-refractivity contribution in [3.8, 4) is 22.1 Å². The zero-order valence-electron chi connectivity index (χ0n) is 19.9. The Balaban J connectivity index is 1.16. The van der Waals surface area contributed by atoms with Crippen LogP contribution in [-0.4, -0.2) is 54.4 Å². The highest BCUT2D eigenvalue weighted by molar-refractivity contribution is 7.13. The number of carbonyl (C=O) groups excluding carboxylic acids is 1. The van der Waals surface area contributed by atoms with Gasteiger partial charge >= 0.3 is 0 Å². The number of ether oxygens (including phenoxy) is 2. The van der Waals surface area contributed by atoms with E-state index in [0.29, 0.717) is 18.0 Å². The fraction of sp³-hybridized carbons (Fsp3) is 0.346. The van der Waals surface area contributed by atoms with E-state index in [1.165, 1.54) is 0 Å². The van der Waals surface area contributed by atoms with Crippen molar-refractivity contribution in [1.29, 1.82) is 0 Å². The van der Waals surface area contributed by atoms with Gasteiger partial charge in [0.25, 0.3) is 0 Å². The van der Waals surface area contributed by atoms with Crippen LogP contribution in [0.25, 0.3) is 16.1 Å².